The van der Waals surface area contributed by atoms with Crippen molar-refractivity contribution in [2.75, 3.05) is 20.2 Å². The number of carbonyl (C=O) groups excluding carboxylic acids is 1. The predicted molar refractivity (Wildman–Crippen MR) is 82.3 cm³/mol. The minimum atomic E-state index is -4.52. The maximum absolute atomic E-state index is 12.7. The number of ether oxygens (including phenoxy) is 1. The molecule has 1 amide bonds. The van der Waals surface area contributed by atoms with Gasteiger partial charge < -0.3 is 9.64 Å². The van der Waals surface area contributed by atoms with Crippen molar-refractivity contribution in [2.45, 2.75) is 6.18 Å². The number of halogens is 3. The summed E-state index contributed by atoms with van der Waals surface area (Å²) < 4.78 is 44.5. The van der Waals surface area contributed by atoms with E-state index in [2.05, 4.69) is 11.7 Å². The van der Waals surface area contributed by atoms with E-state index in [0.29, 0.717) is 10.6 Å². The Balaban J connectivity index is 2.36. The van der Waals surface area contributed by atoms with Crippen molar-refractivity contribution in [2.24, 2.45) is 0 Å². The van der Waals surface area contributed by atoms with Gasteiger partial charge in [-0.2, -0.15) is 18.3 Å². The molecule has 2 rings (SSSR count). The first-order valence-electron chi connectivity index (χ1n) is 7.01. The number of alkyl halides is 3. The van der Waals surface area contributed by atoms with Crippen LogP contribution in [-0.4, -0.2) is 47.0 Å². The smallest absolute Gasteiger partial charge is 0.406 e. The Bertz CT molecular complexity index is 711. The van der Waals surface area contributed by atoms with Gasteiger partial charge in [0.1, 0.15) is 6.54 Å². The van der Waals surface area contributed by atoms with Crippen LogP contribution < -0.4 is 4.74 Å². The van der Waals surface area contributed by atoms with Gasteiger partial charge in [0.15, 0.2) is 11.4 Å². The van der Waals surface area contributed by atoms with E-state index in [4.69, 9.17) is 4.74 Å². The third kappa shape index (κ3) is 4.15. The molecule has 0 bridgehead atoms. The number of aromatic nitrogens is 2. The minimum Gasteiger partial charge on any atom is -0.493 e. The van der Waals surface area contributed by atoms with E-state index >= 15 is 0 Å². The van der Waals surface area contributed by atoms with E-state index in [1.54, 1.807) is 24.3 Å². The maximum atomic E-state index is 12.7. The molecule has 128 valence electrons. The van der Waals surface area contributed by atoms with Crippen molar-refractivity contribution in [3.05, 3.63) is 54.9 Å². The van der Waals surface area contributed by atoms with Crippen LogP contribution in [0.15, 0.2) is 49.2 Å². The number of para-hydroxylation sites is 1. The number of rotatable bonds is 6. The molecule has 0 saturated carbocycles. The molecule has 1 aromatic heterocycles. The summed E-state index contributed by atoms with van der Waals surface area (Å²) in [5.41, 5.74) is 0.466. The second kappa shape index (κ2) is 7.20. The van der Waals surface area contributed by atoms with Crippen molar-refractivity contribution >= 4 is 5.91 Å². The SMILES string of the molecule is C=CCN(CC(F)(F)F)C(=O)c1nn(-c2ccccc2)cc1OC. The van der Waals surface area contributed by atoms with Gasteiger partial charge in [-0.25, -0.2) is 4.68 Å². The molecule has 1 aromatic carbocycles. The van der Waals surface area contributed by atoms with Crippen molar-refractivity contribution in [1.29, 1.82) is 0 Å². The van der Waals surface area contributed by atoms with E-state index in [9.17, 15) is 18.0 Å². The van der Waals surface area contributed by atoms with Gasteiger partial charge in [-0.3, -0.25) is 4.79 Å². The molecule has 1 heterocycles. The lowest BCUT2D eigenvalue weighted by molar-refractivity contribution is -0.139. The highest BCUT2D eigenvalue weighted by Gasteiger charge is 2.34. The fraction of sp³-hybridized carbons (Fsp3) is 0.250. The molecule has 0 aliphatic rings. The molecule has 2 aromatic rings. The summed E-state index contributed by atoms with van der Waals surface area (Å²) in [6.45, 7) is 1.74. The highest BCUT2D eigenvalue weighted by Crippen LogP contribution is 2.23. The van der Waals surface area contributed by atoms with Gasteiger partial charge in [-0.05, 0) is 12.1 Å². The molecule has 0 aliphatic carbocycles. The summed E-state index contributed by atoms with van der Waals surface area (Å²) in [5.74, 6) is -0.779. The molecule has 0 N–H and O–H groups in total. The van der Waals surface area contributed by atoms with Gasteiger partial charge in [-0.15, -0.1) is 6.58 Å². The number of hydrogen-bond donors (Lipinski definition) is 0. The monoisotopic (exact) mass is 339 g/mol. The Morgan fingerprint density at radius 2 is 2.04 bits per heavy atom. The molecule has 0 fully saturated rings. The van der Waals surface area contributed by atoms with E-state index < -0.39 is 18.6 Å². The van der Waals surface area contributed by atoms with Crippen LogP contribution in [0.5, 0.6) is 5.75 Å². The van der Waals surface area contributed by atoms with Crippen LogP contribution in [0, 0.1) is 0 Å². The predicted octanol–water partition coefficient (Wildman–Crippen LogP) is 3.07. The average Bonchev–Trinajstić information content (AvgIpc) is 2.97. The normalized spacial score (nSPS) is 11.2. The minimum absolute atomic E-state index is 0.0973. The van der Waals surface area contributed by atoms with Gasteiger partial charge in [0.2, 0.25) is 0 Å². The van der Waals surface area contributed by atoms with Crippen molar-refractivity contribution in [3.63, 3.8) is 0 Å². The van der Waals surface area contributed by atoms with Crippen LogP contribution in [0.3, 0.4) is 0 Å². The number of amides is 1. The number of benzene rings is 1. The molecule has 8 heteroatoms. The van der Waals surface area contributed by atoms with Gasteiger partial charge >= 0.3 is 6.18 Å². The maximum Gasteiger partial charge on any atom is 0.406 e. The van der Waals surface area contributed by atoms with Crippen LogP contribution in [0.1, 0.15) is 10.5 Å². The first kappa shape index (κ1) is 17.6. The summed E-state index contributed by atoms with van der Waals surface area (Å²) in [4.78, 5) is 13.1. The summed E-state index contributed by atoms with van der Waals surface area (Å²) in [6, 6.07) is 8.86. The van der Waals surface area contributed by atoms with Crippen LogP contribution in [0.2, 0.25) is 0 Å². The molecule has 0 radical (unpaired) electrons. The van der Waals surface area contributed by atoms with E-state index in [1.165, 1.54) is 24.1 Å². The largest absolute Gasteiger partial charge is 0.493 e. The lowest BCUT2D eigenvalue weighted by Gasteiger charge is -2.21. The summed E-state index contributed by atoms with van der Waals surface area (Å²) in [7, 11) is 1.32. The quantitative estimate of drug-likeness (QED) is 0.760. The Labute approximate surface area is 136 Å². The number of hydrogen-bond acceptors (Lipinski definition) is 3. The van der Waals surface area contributed by atoms with E-state index in [-0.39, 0.29) is 18.0 Å². The Hall–Kier alpha value is -2.77. The molecule has 5 nitrogen and oxygen atoms in total. The van der Waals surface area contributed by atoms with Crippen molar-refractivity contribution in [1.82, 2.24) is 14.7 Å². The zero-order chi connectivity index (χ0) is 17.7. The van der Waals surface area contributed by atoms with Crippen LogP contribution in [0.4, 0.5) is 13.2 Å². The average molecular weight is 339 g/mol. The lowest BCUT2D eigenvalue weighted by Crippen LogP contribution is -2.39. The Morgan fingerprint density at radius 3 is 2.58 bits per heavy atom. The Kier molecular flexibility index (Phi) is 5.28. The summed E-state index contributed by atoms with van der Waals surface area (Å²) >= 11 is 0. The second-order valence-electron chi connectivity index (χ2n) is 4.92. The van der Waals surface area contributed by atoms with Crippen LogP contribution in [0.25, 0.3) is 5.69 Å². The third-order valence-electron chi connectivity index (χ3n) is 3.13. The number of carbonyl (C=O) groups is 1. The molecule has 0 spiro atoms. The Morgan fingerprint density at radius 1 is 1.38 bits per heavy atom. The van der Waals surface area contributed by atoms with E-state index in [1.807, 2.05) is 6.07 Å². The summed E-state index contributed by atoms with van der Waals surface area (Å²) in [5, 5.41) is 4.08. The van der Waals surface area contributed by atoms with Gasteiger partial charge in [0.25, 0.3) is 5.91 Å². The molecule has 24 heavy (non-hydrogen) atoms. The second-order valence-corrected chi connectivity index (χ2v) is 4.92. The lowest BCUT2D eigenvalue weighted by atomic mass is 10.3. The zero-order valence-corrected chi connectivity index (χ0v) is 13.0. The molecule has 0 aliphatic heterocycles. The molecule has 0 saturated heterocycles. The van der Waals surface area contributed by atoms with Gasteiger partial charge in [-0.1, -0.05) is 24.3 Å². The third-order valence-corrected chi connectivity index (χ3v) is 3.13. The van der Waals surface area contributed by atoms with Gasteiger partial charge in [0, 0.05) is 6.54 Å². The standard InChI is InChI=1S/C16H16F3N3O2/c1-3-9-21(11-16(17,18)19)15(23)14-13(24-2)10-22(20-14)12-7-5-4-6-8-12/h3-8,10H,1,9,11H2,2H3. The molecular formula is C16H16F3N3O2. The highest BCUT2D eigenvalue weighted by molar-refractivity contribution is 5.95. The van der Waals surface area contributed by atoms with E-state index in [0.717, 1.165) is 0 Å². The van der Waals surface area contributed by atoms with Crippen LogP contribution in [-0.2, 0) is 0 Å². The van der Waals surface area contributed by atoms with Crippen molar-refractivity contribution in [3.8, 4) is 11.4 Å². The number of methoxy groups -OCH3 is 1. The highest BCUT2D eigenvalue weighted by atomic mass is 19.4. The fourth-order valence-electron chi connectivity index (χ4n) is 2.11. The molecule has 0 atom stereocenters. The fourth-order valence-corrected chi connectivity index (χ4v) is 2.11. The zero-order valence-electron chi connectivity index (χ0n) is 13.0. The first-order valence-corrected chi connectivity index (χ1v) is 7.01. The molecular weight excluding hydrogens is 323 g/mol. The van der Waals surface area contributed by atoms with Crippen molar-refractivity contribution < 1.29 is 22.7 Å². The van der Waals surface area contributed by atoms with Gasteiger partial charge in [0.05, 0.1) is 19.0 Å². The first-order chi connectivity index (χ1) is 11.4. The van der Waals surface area contributed by atoms with Crippen LogP contribution >= 0.6 is 0 Å². The number of nitrogens with zero attached hydrogens (tertiary/aromatic N) is 3. The summed E-state index contributed by atoms with van der Waals surface area (Å²) in [6.07, 6.45) is -1.85. The topological polar surface area (TPSA) is 47.4 Å². The molecule has 0 unspecified atom stereocenters.